The molecular formula is C30H37N7O3. The van der Waals surface area contributed by atoms with Crippen molar-refractivity contribution in [1.82, 2.24) is 20.2 Å². The fourth-order valence-corrected chi connectivity index (χ4v) is 5.12. The molecule has 3 heterocycles. The molecule has 0 saturated carbocycles. The number of hydrogen-bond donors (Lipinski definition) is 3. The van der Waals surface area contributed by atoms with Gasteiger partial charge in [0.15, 0.2) is 0 Å². The molecule has 40 heavy (non-hydrogen) atoms. The molecule has 0 radical (unpaired) electrons. The van der Waals surface area contributed by atoms with E-state index in [4.69, 9.17) is 4.74 Å². The highest BCUT2D eigenvalue weighted by atomic mass is 16.5. The van der Waals surface area contributed by atoms with Crippen LogP contribution in [-0.2, 0) is 14.3 Å². The summed E-state index contributed by atoms with van der Waals surface area (Å²) in [5.74, 6) is 0.923. The van der Waals surface area contributed by atoms with E-state index >= 15 is 0 Å². The van der Waals surface area contributed by atoms with Gasteiger partial charge in [-0.15, -0.1) is 0 Å². The maximum absolute atomic E-state index is 12.9. The number of anilines is 4. The van der Waals surface area contributed by atoms with Crippen molar-refractivity contribution in [3.05, 3.63) is 60.8 Å². The molecule has 2 aromatic carbocycles. The van der Waals surface area contributed by atoms with E-state index in [1.54, 1.807) is 13.3 Å². The van der Waals surface area contributed by atoms with E-state index in [2.05, 4.69) is 43.0 Å². The maximum atomic E-state index is 12.9. The third kappa shape index (κ3) is 7.13. The quantitative estimate of drug-likeness (QED) is 0.376. The first-order valence-electron chi connectivity index (χ1n) is 13.9. The third-order valence-corrected chi connectivity index (χ3v) is 7.42. The number of aromatic nitrogens is 2. The van der Waals surface area contributed by atoms with E-state index in [1.807, 2.05) is 47.4 Å². The predicted octanol–water partition coefficient (Wildman–Crippen LogP) is 3.51. The second-order valence-corrected chi connectivity index (χ2v) is 10.1. The molecule has 1 aromatic heterocycles. The van der Waals surface area contributed by atoms with Gasteiger partial charge in [0, 0.05) is 68.0 Å². The van der Waals surface area contributed by atoms with Gasteiger partial charge in [-0.2, -0.15) is 0 Å². The molecule has 3 aromatic rings. The molecule has 0 bridgehead atoms. The lowest BCUT2D eigenvalue weighted by molar-refractivity contribution is -0.136. The number of rotatable bonds is 9. The van der Waals surface area contributed by atoms with Crippen molar-refractivity contribution < 1.29 is 14.3 Å². The average Bonchev–Trinajstić information content (AvgIpc) is 3.01. The molecule has 210 valence electrons. The second kappa shape index (κ2) is 13.4. The van der Waals surface area contributed by atoms with Gasteiger partial charge in [0.1, 0.15) is 0 Å². The fourth-order valence-electron chi connectivity index (χ4n) is 5.12. The summed E-state index contributed by atoms with van der Waals surface area (Å²) in [5, 5.41) is 9.49. The first kappa shape index (κ1) is 27.5. The lowest BCUT2D eigenvalue weighted by Gasteiger charge is -2.38. The van der Waals surface area contributed by atoms with Crippen LogP contribution in [0.5, 0.6) is 0 Å². The van der Waals surface area contributed by atoms with Crippen molar-refractivity contribution in [1.29, 1.82) is 0 Å². The Kier molecular flexibility index (Phi) is 9.20. The minimum absolute atomic E-state index is 0.0841. The van der Waals surface area contributed by atoms with Gasteiger partial charge in [-0.1, -0.05) is 12.1 Å². The smallest absolute Gasteiger partial charge is 0.227 e. The number of carbonyl (C=O) groups excluding carboxylic acids is 2. The molecule has 2 fully saturated rings. The molecule has 5 rings (SSSR count). The molecule has 0 spiro atoms. The van der Waals surface area contributed by atoms with Gasteiger partial charge in [0.25, 0.3) is 0 Å². The largest absolute Gasteiger partial charge is 0.384 e. The van der Waals surface area contributed by atoms with Crippen LogP contribution in [0.15, 0.2) is 60.8 Å². The molecule has 2 saturated heterocycles. The minimum atomic E-state index is -0.0841. The third-order valence-electron chi connectivity index (χ3n) is 7.42. The Morgan fingerprint density at radius 3 is 2.35 bits per heavy atom. The topological polar surface area (TPSA) is 112 Å². The standard InChI is InChI=1S/C30H37N7O3/c1-40-21-13-28(38)33-24-4-2-22(3-5-24)27-12-16-32-30(35-27)34-25-6-8-26(9-7-25)36-17-19-37(20-18-36)29(39)23-10-14-31-15-11-23/h2-9,12,16,23,31H,10-11,13-15,17-21H2,1H3,(H,33,38)(H,32,34,35). The van der Waals surface area contributed by atoms with Crippen molar-refractivity contribution in [3.63, 3.8) is 0 Å². The Hall–Kier alpha value is -4.02. The molecular weight excluding hydrogens is 506 g/mol. The lowest BCUT2D eigenvalue weighted by Crippen LogP contribution is -2.51. The van der Waals surface area contributed by atoms with Crippen LogP contribution in [0.25, 0.3) is 11.3 Å². The molecule has 3 N–H and O–H groups in total. The van der Waals surface area contributed by atoms with Gasteiger partial charge in [-0.25, -0.2) is 9.97 Å². The Morgan fingerprint density at radius 1 is 0.950 bits per heavy atom. The summed E-state index contributed by atoms with van der Waals surface area (Å²) >= 11 is 0. The Labute approximate surface area is 235 Å². The number of nitrogens with one attached hydrogen (secondary N) is 3. The van der Waals surface area contributed by atoms with Crippen molar-refractivity contribution in [3.8, 4) is 11.3 Å². The van der Waals surface area contributed by atoms with Crippen molar-refractivity contribution in [2.75, 3.05) is 68.5 Å². The van der Waals surface area contributed by atoms with Crippen molar-refractivity contribution in [2.24, 2.45) is 5.92 Å². The van der Waals surface area contributed by atoms with Crippen LogP contribution in [0.4, 0.5) is 23.0 Å². The molecule has 2 aliphatic rings. The van der Waals surface area contributed by atoms with Gasteiger partial charge in [0.05, 0.1) is 18.7 Å². The lowest BCUT2D eigenvalue weighted by atomic mass is 9.96. The number of piperazine rings is 1. The van der Waals surface area contributed by atoms with Gasteiger partial charge in [-0.05, 0) is 68.4 Å². The van der Waals surface area contributed by atoms with Crippen LogP contribution in [0.1, 0.15) is 19.3 Å². The Morgan fingerprint density at radius 2 is 1.65 bits per heavy atom. The zero-order valence-electron chi connectivity index (χ0n) is 22.9. The van der Waals surface area contributed by atoms with Crippen LogP contribution in [0, 0.1) is 5.92 Å². The van der Waals surface area contributed by atoms with Gasteiger partial charge >= 0.3 is 0 Å². The Bertz CT molecular complexity index is 1270. The summed E-state index contributed by atoms with van der Waals surface area (Å²) < 4.78 is 4.95. The second-order valence-electron chi connectivity index (χ2n) is 10.1. The van der Waals surface area contributed by atoms with Gasteiger partial charge < -0.3 is 30.5 Å². The minimum Gasteiger partial charge on any atom is -0.384 e. The average molecular weight is 544 g/mol. The first-order chi connectivity index (χ1) is 19.6. The molecule has 10 heteroatoms. The highest BCUT2D eigenvalue weighted by Gasteiger charge is 2.28. The summed E-state index contributed by atoms with van der Waals surface area (Å²) in [6, 6.07) is 17.7. The first-order valence-corrected chi connectivity index (χ1v) is 13.9. The van der Waals surface area contributed by atoms with E-state index in [9.17, 15) is 9.59 Å². The number of nitrogens with zero attached hydrogens (tertiary/aromatic N) is 4. The van der Waals surface area contributed by atoms with Gasteiger partial charge in [-0.3, -0.25) is 9.59 Å². The predicted molar refractivity (Wildman–Crippen MR) is 157 cm³/mol. The molecule has 0 unspecified atom stereocenters. The Balaban J connectivity index is 1.14. The van der Waals surface area contributed by atoms with Crippen LogP contribution in [0.2, 0.25) is 0 Å². The number of hydrogen-bond acceptors (Lipinski definition) is 8. The summed E-state index contributed by atoms with van der Waals surface area (Å²) in [6.45, 7) is 5.48. The summed E-state index contributed by atoms with van der Waals surface area (Å²) in [6.07, 6.45) is 3.93. The number of methoxy groups -OCH3 is 1. The summed E-state index contributed by atoms with van der Waals surface area (Å²) in [5.41, 5.74) is 4.47. The molecule has 2 aliphatic heterocycles. The molecule has 2 amide bonds. The van der Waals surface area contributed by atoms with E-state index in [-0.39, 0.29) is 11.8 Å². The van der Waals surface area contributed by atoms with Crippen LogP contribution < -0.4 is 20.9 Å². The van der Waals surface area contributed by atoms with E-state index in [1.165, 1.54) is 0 Å². The number of carbonyl (C=O) groups is 2. The number of benzene rings is 2. The number of piperidine rings is 1. The van der Waals surface area contributed by atoms with Crippen LogP contribution in [0.3, 0.4) is 0 Å². The summed E-state index contributed by atoms with van der Waals surface area (Å²) in [7, 11) is 1.58. The summed E-state index contributed by atoms with van der Waals surface area (Å²) in [4.78, 5) is 38.2. The zero-order chi connectivity index (χ0) is 27.7. The van der Waals surface area contributed by atoms with Crippen molar-refractivity contribution >= 4 is 34.8 Å². The van der Waals surface area contributed by atoms with Crippen molar-refractivity contribution in [2.45, 2.75) is 19.3 Å². The molecule has 0 atom stereocenters. The highest BCUT2D eigenvalue weighted by Crippen LogP contribution is 2.24. The molecule has 0 aliphatic carbocycles. The monoisotopic (exact) mass is 543 g/mol. The fraction of sp³-hybridized carbons (Fsp3) is 0.400. The normalized spacial score (nSPS) is 16.0. The van der Waals surface area contributed by atoms with E-state index < -0.39 is 0 Å². The van der Waals surface area contributed by atoms with Crippen LogP contribution in [-0.4, -0.2) is 79.7 Å². The molecule has 10 nitrogen and oxygen atoms in total. The maximum Gasteiger partial charge on any atom is 0.227 e. The van der Waals surface area contributed by atoms with Crippen LogP contribution >= 0.6 is 0 Å². The zero-order valence-corrected chi connectivity index (χ0v) is 22.9. The SMILES string of the molecule is COCCC(=O)Nc1ccc(-c2ccnc(Nc3ccc(N4CCN(C(=O)C5CCNCC5)CC4)cc3)n2)cc1. The van der Waals surface area contributed by atoms with E-state index in [0.717, 1.165) is 80.4 Å². The number of amides is 2. The number of ether oxygens (including phenoxy) is 1. The van der Waals surface area contributed by atoms with Gasteiger partial charge in [0.2, 0.25) is 17.8 Å². The highest BCUT2D eigenvalue weighted by molar-refractivity contribution is 5.91. The van der Waals surface area contributed by atoms with E-state index in [0.29, 0.717) is 24.9 Å².